The van der Waals surface area contributed by atoms with Crippen molar-refractivity contribution in [2.75, 3.05) is 31.5 Å². The van der Waals surface area contributed by atoms with Crippen molar-refractivity contribution in [3.63, 3.8) is 0 Å². The first kappa shape index (κ1) is 24.9. The molecule has 184 valence electrons. The molecule has 1 aromatic carbocycles. The van der Waals surface area contributed by atoms with Gasteiger partial charge in [-0.25, -0.2) is 0 Å². The Hall–Kier alpha value is -2.19. The second kappa shape index (κ2) is 10.6. The summed E-state index contributed by atoms with van der Waals surface area (Å²) in [6, 6.07) is 11.9. The molecule has 1 atom stereocenters. The number of piperidine rings is 3. The number of anilines is 1. The molecule has 3 saturated heterocycles. The molecule has 1 amide bonds. The van der Waals surface area contributed by atoms with Crippen LogP contribution in [0.25, 0.3) is 0 Å². The molecule has 4 heterocycles. The Morgan fingerprint density at radius 1 is 1.06 bits per heavy atom. The maximum absolute atomic E-state index is 13.8. The van der Waals surface area contributed by atoms with Gasteiger partial charge in [0.1, 0.15) is 12.8 Å². The van der Waals surface area contributed by atoms with E-state index >= 15 is 0 Å². The van der Waals surface area contributed by atoms with E-state index < -0.39 is 5.41 Å². The minimum atomic E-state index is -0.543. The molecule has 2 aromatic rings. The molecule has 4 fully saturated rings. The molecule has 7 nitrogen and oxygen atoms in total. The van der Waals surface area contributed by atoms with Gasteiger partial charge in [-0.1, -0.05) is 61.2 Å². The minimum absolute atomic E-state index is 0. The fraction of sp³-hybridized carbons (Fsp3) is 0.577. The van der Waals surface area contributed by atoms with E-state index in [4.69, 9.17) is 9.26 Å². The number of nitrogens with one attached hydrogen (secondary N) is 1. The molecule has 0 radical (unpaired) electrons. The van der Waals surface area contributed by atoms with Gasteiger partial charge in [-0.3, -0.25) is 9.59 Å². The van der Waals surface area contributed by atoms with E-state index in [-0.39, 0.29) is 35.0 Å². The van der Waals surface area contributed by atoms with Crippen LogP contribution in [0, 0.1) is 5.92 Å². The number of hydrogen-bond donors (Lipinski definition) is 1. The van der Waals surface area contributed by atoms with Crippen LogP contribution in [0.15, 0.2) is 47.2 Å². The summed E-state index contributed by atoms with van der Waals surface area (Å²) >= 11 is 0. The van der Waals surface area contributed by atoms with Crippen LogP contribution in [0.2, 0.25) is 0 Å². The summed E-state index contributed by atoms with van der Waals surface area (Å²) < 4.78 is 11.9. The van der Waals surface area contributed by atoms with Crippen molar-refractivity contribution in [1.29, 1.82) is 0 Å². The Labute approximate surface area is 211 Å². The number of amides is 1. The predicted molar refractivity (Wildman–Crippen MR) is 123 cm³/mol. The molecular weight excluding hydrogens is 498 g/mol. The van der Waals surface area contributed by atoms with Gasteiger partial charge in [0.15, 0.2) is 18.5 Å². The second-order valence-electron chi connectivity index (χ2n) is 10.2. The third-order valence-electron chi connectivity index (χ3n) is 8.16. The summed E-state index contributed by atoms with van der Waals surface area (Å²) in [5, 5.41) is 6.59. The summed E-state index contributed by atoms with van der Waals surface area (Å²) in [7, 11) is 0. The molecule has 1 aliphatic carbocycles. The molecule has 0 unspecified atom stereocenters. The molecule has 8 heteroatoms. The maximum Gasteiger partial charge on any atom is 0.317 e. The van der Waals surface area contributed by atoms with Crippen molar-refractivity contribution < 1.29 is 40.3 Å². The summed E-state index contributed by atoms with van der Waals surface area (Å²) in [5.74, 6) is 0.704. The van der Waals surface area contributed by atoms with Crippen molar-refractivity contribution in [2.24, 2.45) is 5.92 Å². The number of aromatic nitrogens is 1. The van der Waals surface area contributed by atoms with E-state index in [0.717, 1.165) is 57.2 Å². The summed E-state index contributed by atoms with van der Waals surface area (Å²) in [6.45, 7) is 2.99. The number of fused-ring (bicyclic) bond motifs is 3. The zero-order valence-electron chi connectivity index (χ0n) is 19.6. The van der Waals surface area contributed by atoms with Crippen LogP contribution in [0.4, 0.5) is 5.82 Å². The number of halogens is 1. The standard InChI is InChI=1S/C26H33N3O4.BrH/c30-24(27-23-12-17-32-28-23)19-29-15-10-20(11-16-29)22(18-29)33-25(31)26(13-6-1-2-7-14-26)21-8-4-3-5-9-21;/h3-5,8-9,12,17,20,22H,1-2,6-7,10-11,13-16,18-19H2;1H/t20?,22-,29?;/m0./s1. The first-order valence-corrected chi connectivity index (χ1v) is 12.4. The number of benzene rings is 1. The Bertz CT molecular complexity index is 950. The number of carbonyl (C=O) groups excluding carboxylic acids is 2. The molecular formula is C26H34BrN3O4. The molecule has 2 bridgehead atoms. The lowest BCUT2D eigenvalue weighted by molar-refractivity contribution is -0.939. The van der Waals surface area contributed by atoms with Crippen LogP contribution in [0.5, 0.6) is 0 Å². The second-order valence-corrected chi connectivity index (χ2v) is 10.2. The fourth-order valence-corrected chi connectivity index (χ4v) is 6.29. The third kappa shape index (κ3) is 5.08. The Morgan fingerprint density at radius 2 is 1.76 bits per heavy atom. The quantitative estimate of drug-likeness (QED) is 0.342. The molecule has 1 aromatic heterocycles. The summed E-state index contributed by atoms with van der Waals surface area (Å²) in [4.78, 5) is 26.5. The Balaban J connectivity index is 0.00000274. The lowest BCUT2D eigenvalue weighted by atomic mass is 9.74. The largest absolute Gasteiger partial charge is 1.00 e. The van der Waals surface area contributed by atoms with Crippen LogP contribution in [0.1, 0.15) is 56.9 Å². The average molecular weight is 532 g/mol. The molecule has 6 rings (SSSR count). The van der Waals surface area contributed by atoms with Gasteiger partial charge in [-0.15, -0.1) is 0 Å². The van der Waals surface area contributed by atoms with Gasteiger partial charge in [-0.05, 0) is 18.4 Å². The van der Waals surface area contributed by atoms with Gasteiger partial charge >= 0.3 is 5.97 Å². The average Bonchev–Trinajstić information content (AvgIpc) is 3.20. The topological polar surface area (TPSA) is 81.4 Å². The SMILES string of the molecule is O=C(C[N+]12CCC(CC1)[C@@H](OC(=O)C1(c3ccccc3)CCCCCC1)C2)Nc1ccon1.[Br-]. The van der Waals surface area contributed by atoms with Crippen molar-refractivity contribution >= 4 is 17.7 Å². The lowest BCUT2D eigenvalue weighted by Gasteiger charge is -2.52. The van der Waals surface area contributed by atoms with Crippen LogP contribution >= 0.6 is 0 Å². The van der Waals surface area contributed by atoms with Crippen LogP contribution in [-0.2, 0) is 19.7 Å². The first-order chi connectivity index (χ1) is 16.1. The predicted octanol–water partition coefficient (Wildman–Crippen LogP) is 1.06. The van der Waals surface area contributed by atoms with Gasteiger partial charge in [0.05, 0.1) is 18.5 Å². The highest BCUT2D eigenvalue weighted by atomic mass is 79.9. The van der Waals surface area contributed by atoms with E-state index in [9.17, 15) is 9.59 Å². The zero-order valence-corrected chi connectivity index (χ0v) is 21.2. The number of hydrogen-bond acceptors (Lipinski definition) is 5. The molecule has 3 aliphatic heterocycles. The van der Waals surface area contributed by atoms with Crippen LogP contribution in [-0.4, -0.2) is 53.8 Å². The monoisotopic (exact) mass is 531 g/mol. The lowest BCUT2D eigenvalue weighted by Crippen LogP contribution is -3.00. The van der Waals surface area contributed by atoms with E-state index in [2.05, 4.69) is 22.6 Å². The number of carbonyl (C=O) groups is 2. The van der Waals surface area contributed by atoms with Crippen molar-refractivity contribution in [3.8, 4) is 0 Å². The normalized spacial score (nSPS) is 27.8. The summed E-state index contributed by atoms with van der Waals surface area (Å²) in [6.07, 6.45) is 9.48. The van der Waals surface area contributed by atoms with Gasteiger partial charge in [0.25, 0.3) is 5.91 Å². The fourth-order valence-electron chi connectivity index (χ4n) is 6.29. The van der Waals surface area contributed by atoms with Gasteiger partial charge in [0, 0.05) is 24.8 Å². The molecule has 0 spiro atoms. The van der Waals surface area contributed by atoms with Crippen molar-refractivity contribution in [3.05, 3.63) is 48.2 Å². The maximum atomic E-state index is 13.8. The van der Waals surface area contributed by atoms with E-state index in [1.165, 1.54) is 19.1 Å². The number of ether oxygens (including phenoxy) is 1. The Kier molecular flexibility index (Phi) is 7.77. The van der Waals surface area contributed by atoms with Crippen LogP contribution in [0.3, 0.4) is 0 Å². The van der Waals surface area contributed by atoms with E-state index in [1.807, 2.05) is 18.2 Å². The van der Waals surface area contributed by atoms with Crippen molar-refractivity contribution in [2.45, 2.75) is 62.9 Å². The highest BCUT2D eigenvalue weighted by molar-refractivity contribution is 5.90. The number of quaternary nitrogens is 1. The smallest absolute Gasteiger partial charge is 0.317 e. The van der Waals surface area contributed by atoms with Crippen LogP contribution < -0.4 is 22.3 Å². The molecule has 34 heavy (non-hydrogen) atoms. The molecule has 4 aliphatic rings. The van der Waals surface area contributed by atoms with E-state index in [0.29, 0.717) is 29.3 Å². The van der Waals surface area contributed by atoms with Gasteiger partial charge in [0.2, 0.25) is 0 Å². The van der Waals surface area contributed by atoms with E-state index in [1.54, 1.807) is 6.07 Å². The molecule has 1 saturated carbocycles. The molecule has 1 N–H and O–H groups in total. The Morgan fingerprint density at radius 3 is 2.41 bits per heavy atom. The van der Waals surface area contributed by atoms with Crippen molar-refractivity contribution in [1.82, 2.24) is 5.16 Å². The summed E-state index contributed by atoms with van der Waals surface area (Å²) in [5.41, 5.74) is 0.549. The van der Waals surface area contributed by atoms with Gasteiger partial charge < -0.3 is 36.0 Å². The number of rotatable bonds is 6. The van der Waals surface area contributed by atoms with Gasteiger partial charge in [-0.2, -0.15) is 0 Å². The first-order valence-electron chi connectivity index (χ1n) is 12.4. The highest BCUT2D eigenvalue weighted by Crippen LogP contribution is 2.42. The highest BCUT2D eigenvalue weighted by Gasteiger charge is 2.51. The number of esters is 1. The third-order valence-corrected chi connectivity index (χ3v) is 8.16. The zero-order chi connectivity index (χ0) is 22.7. The number of nitrogens with zero attached hydrogens (tertiary/aromatic N) is 2. The minimum Gasteiger partial charge on any atom is -1.00 e.